The first-order chi connectivity index (χ1) is 17.5. The second-order valence-electron chi connectivity index (χ2n) is 10.9. The van der Waals surface area contributed by atoms with Crippen LogP contribution >= 0.6 is 11.6 Å². The Hall–Kier alpha value is -2.37. The van der Waals surface area contributed by atoms with Crippen LogP contribution in [0.15, 0.2) is 22.6 Å². The monoisotopic (exact) mass is 541 g/mol. The summed E-state index contributed by atoms with van der Waals surface area (Å²) in [6.07, 6.45) is -2.07. The number of carbonyl (C=O) groups is 1. The molecule has 4 aliphatic carbocycles. The van der Waals surface area contributed by atoms with Crippen molar-refractivity contribution in [2.45, 2.75) is 99.3 Å². The summed E-state index contributed by atoms with van der Waals surface area (Å²) in [5.74, 6) is 0.910. The summed E-state index contributed by atoms with van der Waals surface area (Å²) in [6.45, 7) is 0. The van der Waals surface area contributed by atoms with E-state index in [1.165, 1.54) is 0 Å². The van der Waals surface area contributed by atoms with Crippen LogP contribution in [0.25, 0.3) is 0 Å². The van der Waals surface area contributed by atoms with Crippen LogP contribution in [0.2, 0.25) is 5.02 Å². The van der Waals surface area contributed by atoms with E-state index in [0.29, 0.717) is 28.1 Å². The molecule has 1 amide bonds. The van der Waals surface area contributed by atoms with Crippen LogP contribution in [-0.2, 0) is 14.9 Å². The van der Waals surface area contributed by atoms with E-state index in [9.17, 15) is 23.1 Å². The van der Waals surface area contributed by atoms with E-state index >= 15 is 0 Å². The van der Waals surface area contributed by atoms with E-state index in [1.807, 2.05) is 0 Å². The highest BCUT2D eigenvalue weighted by Crippen LogP contribution is 2.54. The summed E-state index contributed by atoms with van der Waals surface area (Å²) >= 11 is 6.02. The molecule has 5 aliphatic rings. The van der Waals surface area contributed by atoms with Gasteiger partial charge in [-0.2, -0.15) is 0 Å². The average Bonchev–Trinajstić information content (AvgIpc) is 3.32. The molecule has 1 aromatic carbocycles. The lowest BCUT2D eigenvalue weighted by Crippen LogP contribution is -2.60. The second-order valence-corrected chi connectivity index (χ2v) is 11.3. The van der Waals surface area contributed by atoms with Crippen LogP contribution in [-0.4, -0.2) is 45.3 Å². The number of hydrogen-bond acceptors (Lipinski definition) is 7. The van der Waals surface area contributed by atoms with Crippen LogP contribution < -0.4 is 10.1 Å². The third-order valence-corrected chi connectivity index (χ3v) is 8.84. The molecule has 2 heterocycles. The van der Waals surface area contributed by atoms with Crippen molar-refractivity contribution in [3.05, 3.63) is 40.6 Å². The van der Waals surface area contributed by atoms with E-state index in [2.05, 4.69) is 20.3 Å². The lowest BCUT2D eigenvalue weighted by molar-refractivity contribution is -0.352. The highest BCUT2D eigenvalue weighted by atomic mass is 35.5. The molecule has 12 heteroatoms. The summed E-state index contributed by atoms with van der Waals surface area (Å²) < 4.78 is 53.1. The van der Waals surface area contributed by atoms with Gasteiger partial charge in [-0.05, 0) is 69.6 Å². The quantitative estimate of drug-likeness (QED) is 0.557. The number of fused-ring (bicyclic) bond motifs is 4. The lowest BCUT2D eigenvalue weighted by atomic mass is 9.57. The van der Waals surface area contributed by atoms with Gasteiger partial charge in [-0.25, -0.2) is 0 Å². The van der Waals surface area contributed by atoms with Crippen molar-refractivity contribution in [3.8, 4) is 5.75 Å². The van der Waals surface area contributed by atoms with Crippen molar-refractivity contribution in [1.29, 1.82) is 0 Å². The van der Waals surface area contributed by atoms with Crippen molar-refractivity contribution >= 4 is 17.5 Å². The van der Waals surface area contributed by atoms with E-state index in [1.54, 1.807) is 18.2 Å². The van der Waals surface area contributed by atoms with Crippen molar-refractivity contribution in [2.75, 3.05) is 0 Å². The second kappa shape index (κ2) is 8.84. The largest absolute Gasteiger partial charge is 0.522 e. The molecule has 200 valence electrons. The lowest BCUT2D eigenvalue weighted by Gasteiger charge is -2.52. The summed E-state index contributed by atoms with van der Waals surface area (Å²) in [5.41, 5.74) is -0.0510. The first-order valence-electron chi connectivity index (χ1n) is 12.6. The minimum Gasteiger partial charge on any atom is -0.480 e. The predicted molar refractivity (Wildman–Crippen MR) is 123 cm³/mol. The fraction of sp³-hybridized carbons (Fsp3) is 0.640. The van der Waals surface area contributed by atoms with Crippen LogP contribution in [0.4, 0.5) is 13.2 Å². The van der Waals surface area contributed by atoms with Crippen molar-refractivity contribution in [3.63, 3.8) is 0 Å². The van der Waals surface area contributed by atoms with Gasteiger partial charge in [-0.3, -0.25) is 9.53 Å². The minimum atomic E-state index is -4.64. The van der Waals surface area contributed by atoms with Gasteiger partial charge in [-0.1, -0.05) is 11.6 Å². The smallest absolute Gasteiger partial charge is 0.480 e. The SMILES string of the molecule is O=C(NC12CCC(c3nnc([C@H]4C[C@@H](OC(F)(F)F)C4)o3)(CC1)CC2)[C@@H]1C[C@H](O)c2cc(Cl)ccc2O1. The van der Waals surface area contributed by atoms with Gasteiger partial charge < -0.3 is 19.6 Å². The molecule has 0 unspecified atom stereocenters. The van der Waals surface area contributed by atoms with Gasteiger partial charge >= 0.3 is 6.36 Å². The van der Waals surface area contributed by atoms with E-state index in [4.69, 9.17) is 20.8 Å². The Morgan fingerprint density at radius 2 is 1.81 bits per heavy atom. The molecule has 0 saturated heterocycles. The molecule has 1 aliphatic heterocycles. The number of nitrogens with zero attached hydrogens (tertiary/aromatic N) is 2. The highest BCUT2D eigenvalue weighted by Gasteiger charge is 2.53. The number of benzene rings is 1. The number of alkyl halides is 3. The number of halogens is 4. The number of aromatic nitrogens is 2. The third kappa shape index (κ3) is 4.70. The molecule has 0 radical (unpaired) electrons. The van der Waals surface area contributed by atoms with Gasteiger partial charge in [0.05, 0.1) is 12.2 Å². The Bertz CT molecular complexity index is 1170. The van der Waals surface area contributed by atoms with Gasteiger partial charge in [0, 0.05) is 33.9 Å². The Labute approximate surface area is 215 Å². The number of hydrogen-bond donors (Lipinski definition) is 2. The normalized spacial score (nSPS) is 34.8. The summed E-state index contributed by atoms with van der Waals surface area (Å²) in [5, 5.41) is 22.7. The van der Waals surface area contributed by atoms with Crippen molar-refractivity contribution < 1.29 is 37.0 Å². The highest BCUT2D eigenvalue weighted by molar-refractivity contribution is 6.30. The molecule has 2 bridgehead atoms. The molecule has 2 N–H and O–H groups in total. The van der Waals surface area contributed by atoms with Crippen LogP contribution in [0, 0.1) is 0 Å². The molecule has 0 spiro atoms. The first kappa shape index (κ1) is 24.9. The molecular weight excluding hydrogens is 515 g/mol. The fourth-order valence-corrected chi connectivity index (χ4v) is 6.46. The maximum absolute atomic E-state index is 13.2. The molecule has 2 atom stereocenters. The topological polar surface area (TPSA) is 107 Å². The molecule has 7 rings (SSSR count). The molecule has 37 heavy (non-hydrogen) atoms. The zero-order chi connectivity index (χ0) is 26.0. The van der Waals surface area contributed by atoms with E-state index in [0.717, 1.165) is 38.5 Å². The van der Waals surface area contributed by atoms with Crippen molar-refractivity contribution in [1.82, 2.24) is 15.5 Å². The van der Waals surface area contributed by atoms with Crippen LogP contribution in [0.1, 0.15) is 87.2 Å². The standard InChI is InChI=1S/C25H27ClF3N3O5/c26-14-1-2-18-16(11-14)17(33)12-19(35-18)20(34)30-24-6-3-23(4-7-24,5-8-24)22-32-31-21(36-22)13-9-15(10-13)37-25(27,28)29/h1-2,11,13,15,17,19,33H,3-10,12H2,(H,30,34)/t13-,15+,17-,19-,23?,24?/m0/s1. The fourth-order valence-electron chi connectivity index (χ4n) is 6.28. The van der Waals surface area contributed by atoms with Crippen LogP contribution in [0.3, 0.4) is 0 Å². The Kier molecular flexibility index (Phi) is 5.96. The van der Waals surface area contributed by atoms with Gasteiger partial charge in [-0.15, -0.1) is 23.4 Å². The Morgan fingerprint density at radius 3 is 2.49 bits per heavy atom. The third-order valence-electron chi connectivity index (χ3n) is 8.60. The summed E-state index contributed by atoms with van der Waals surface area (Å²) in [4.78, 5) is 13.2. The minimum absolute atomic E-state index is 0.153. The number of aliphatic hydroxyl groups is 1. The molecule has 8 nitrogen and oxygen atoms in total. The number of nitrogens with one attached hydrogen (secondary N) is 1. The Morgan fingerprint density at radius 1 is 1.11 bits per heavy atom. The Balaban J connectivity index is 1.06. The summed E-state index contributed by atoms with van der Waals surface area (Å²) in [6, 6.07) is 4.98. The molecule has 2 aromatic rings. The van der Waals surface area contributed by atoms with E-state index in [-0.39, 0.29) is 42.0 Å². The predicted octanol–water partition coefficient (Wildman–Crippen LogP) is 4.85. The number of carbonyl (C=O) groups excluding carboxylic acids is 1. The molecular formula is C25H27ClF3N3O5. The average molecular weight is 542 g/mol. The number of rotatable bonds is 5. The molecule has 4 fully saturated rings. The van der Waals surface area contributed by atoms with Gasteiger partial charge in [0.2, 0.25) is 11.8 Å². The van der Waals surface area contributed by atoms with Crippen LogP contribution in [0.5, 0.6) is 5.75 Å². The van der Waals surface area contributed by atoms with Crippen molar-refractivity contribution in [2.24, 2.45) is 0 Å². The number of amides is 1. The van der Waals surface area contributed by atoms with Gasteiger partial charge in [0.25, 0.3) is 5.91 Å². The number of aliphatic hydroxyl groups excluding tert-OH is 1. The first-order valence-corrected chi connectivity index (χ1v) is 13.0. The van der Waals surface area contributed by atoms with Gasteiger partial charge in [0.15, 0.2) is 6.10 Å². The molecule has 1 aromatic heterocycles. The number of ether oxygens (including phenoxy) is 2. The maximum atomic E-state index is 13.2. The van der Waals surface area contributed by atoms with E-state index < -0.39 is 24.7 Å². The zero-order valence-electron chi connectivity index (χ0n) is 19.9. The zero-order valence-corrected chi connectivity index (χ0v) is 20.6. The van der Waals surface area contributed by atoms with Gasteiger partial charge in [0.1, 0.15) is 5.75 Å². The maximum Gasteiger partial charge on any atom is 0.522 e. The summed E-state index contributed by atoms with van der Waals surface area (Å²) in [7, 11) is 0. The molecule has 4 saturated carbocycles.